The number of aromatic nitrogens is 2. The molecule has 0 saturated carbocycles. The van der Waals surface area contributed by atoms with Gasteiger partial charge in [0.2, 0.25) is 5.95 Å². The molecular formula is C31H40ClN5O3S. The van der Waals surface area contributed by atoms with E-state index in [2.05, 4.69) is 71.5 Å². The van der Waals surface area contributed by atoms with Crippen molar-refractivity contribution < 1.29 is 13.2 Å². The molecule has 1 aliphatic heterocycles. The summed E-state index contributed by atoms with van der Waals surface area (Å²) in [5.74, 6) is 1.28. The van der Waals surface area contributed by atoms with Gasteiger partial charge >= 0.3 is 0 Å². The van der Waals surface area contributed by atoms with Gasteiger partial charge < -0.3 is 15.4 Å². The van der Waals surface area contributed by atoms with Crippen molar-refractivity contribution in [2.45, 2.75) is 83.2 Å². The number of hydrogen-bond acceptors (Lipinski definition) is 8. The monoisotopic (exact) mass is 597 g/mol. The average Bonchev–Trinajstić information content (AvgIpc) is 2.90. The standard InChI is InChI=1S/C31H40ClN5O3S/c1-18(2)40-28-16-24(23-14-21(6)37(8)22(7)15-23)20(5)13-27(28)35-31-33-17-25(32)30(36-31)34-26-11-9-10-12-29(26)41(38,39)19(3)4/h9-14,16-19,21-22H,15H2,1-8H3,(H2,33,34,35,36)/t21-,22-/m1/s1. The number of likely N-dealkylation sites (N-methyl/N-ethyl adjacent to an activating group) is 1. The first kappa shape index (κ1) is 30.8. The first-order chi connectivity index (χ1) is 19.3. The summed E-state index contributed by atoms with van der Waals surface area (Å²) >= 11 is 6.45. The molecule has 2 atom stereocenters. The quantitative estimate of drug-likeness (QED) is 0.263. The van der Waals surface area contributed by atoms with Gasteiger partial charge in [0, 0.05) is 12.1 Å². The van der Waals surface area contributed by atoms with Crippen molar-refractivity contribution in [3.63, 3.8) is 0 Å². The van der Waals surface area contributed by atoms with Crippen LogP contribution in [0.2, 0.25) is 5.02 Å². The number of sulfone groups is 1. The van der Waals surface area contributed by atoms with Gasteiger partial charge in [-0.2, -0.15) is 4.98 Å². The second-order valence-electron chi connectivity index (χ2n) is 11.2. The zero-order chi connectivity index (χ0) is 30.1. The van der Waals surface area contributed by atoms with E-state index in [9.17, 15) is 8.42 Å². The highest BCUT2D eigenvalue weighted by Crippen LogP contribution is 2.38. The third kappa shape index (κ3) is 6.85. The zero-order valence-electron chi connectivity index (χ0n) is 25.0. The lowest BCUT2D eigenvalue weighted by molar-refractivity contribution is 0.220. The molecule has 3 aromatic rings. The lowest BCUT2D eigenvalue weighted by Gasteiger charge is -2.35. The Morgan fingerprint density at radius 3 is 2.44 bits per heavy atom. The molecule has 0 saturated heterocycles. The van der Waals surface area contributed by atoms with Crippen molar-refractivity contribution in [3.05, 3.63) is 64.8 Å². The van der Waals surface area contributed by atoms with E-state index < -0.39 is 15.1 Å². The Balaban J connectivity index is 1.69. The Morgan fingerprint density at radius 1 is 1.07 bits per heavy atom. The van der Waals surface area contributed by atoms with Crippen LogP contribution >= 0.6 is 11.6 Å². The van der Waals surface area contributed by atoms with Gasteiger partial charge in [-0.3, -0.25) is 4.90 Å². The SMILES string of the molecule is Cc1cc(Nc2ncc(Cl)c(Nc3ccccc3S(=O)(=O)C(C)C)n2)c(OC(C)C)cc1C1=C[C@@H](C)N(C)[C@H](C)C1. The summed E-state index contributed by atoms with van der Waals surface area (Å²) in [5.41, 5.74) is 4.71. The van der Waals surface area contributed by atoms with Crippen molar-refractivity contribution in [3.8, 4) is 5.75 Å². The lowest BCUT2D eigenvalue weighted by atomic mass is 9.89. The number of anilines is 4. The minimum atomic E-state index is -3.53. The maximum Gasteiger partial charge on any atom is 0.229 e. The number of nitrogens with zero attached hydrogens (tertiary/aromatic N) is 3. The molecule has 41 heavy (non-hydrogen) atoms. The van der Waals surface area contributed by atoms with Crippen LogP contribution in [0.5, 0.6) is 5.75 Å². The number of ether oxygens (including phenoxy) is 1. The molecule has 1 aromatic heterocycles. The van der Waals surface area contributed by atoms with Crippen molar-refractivity contribution in [1.29, 1.82) is 0 Å². The van der Waals surface area contributed by atoms with E-state index in [4.69, 9.17) is 16.3 Å². The first-order valence-electron chi connectivity index (χ1n) is 13.9. The minimum Gasteiger partial charge on any atom is -0.489 e. The fourth-order valence-corrected chi connectivity index (χ4v) is 6.20. The van der Waals surface area contributed by atoms with Gasteiger partial charge in [-0.15, -0.1) is 0 Å². The smallest absolute Gasteiger partial charge is 0.229 e. The van der Waals surface area contributed by atoms with E-state index >= 15 is 0 Å². The van der Waals surface area contributed by atoms with Crippen LogP contribution in [0.15, 0.2) is 53.6 Å². The Hall–Kier alpha value is -3.14. The number of halogens is 1. The number of para-hydroxylation sites is 1. The summed E-state index contributed by atoms with van der Waals surface area (Å²) < 4.78 is 32.1. The predicted molar refractivity (Wildman–Crippen MR) is 169 cm³/mol. The van der Waals surface area contributed by atoms with Crippen molar-refractivity contribution in [1.82, 2.24) is 14.9 Å². The Morgan fingerprint density at radius 2 is 1.78 bits per heavy atom. The second-order valence-corrected chi connectivity index (χ2v) is 14.1. The normalized spacial score (nSPS) is 18.0. The molecule has 2 aromatic carbocycles. The highest BCUT2D eigenvalue weighted by Gasteiger charge is 2.25. The largest absolute Gasteiger partial charge is 0.489 e. The van der Waals surface area contributed by atoms with E-state index in [1.807, 2.05) is 13.8 Å². The summed E-state index contributed by atoms with van der Waals surface area (Å²) in [4.78, 5) is 11.5. The molecular weight excluding hydrogens is 558 g/mol. The summed E-state index contributed by atoms with van der Waals surface area (Å²) in [7, 11) is -1.37. The highest BCUT2D eigenvalue weighted by molar-refractivity contribution is 7.92. The molecule has 8 nitrogen and oxygen atoms in total. The Bertz CT molecular complexity index is 1560. The molecule has 4 rings (SSSR count). The number of nitrogens with one attached hydrogen (secondary N) is 2. The maximum atomic E-state index is 12.9. The Kier molecular flexibility index (Phi) is 9.31. The number of aryl methyl sites for hydroxylation is 1. The van der Waals surface area contributed by atoms with Crippen molar-refractivity contribution in [2.24, 2.45) is 0 Å². The van der Waals surface area contributed by atoms with E-state index in [1.54, 1.807) is 38.1 Å². The molecule has 0 unspecified atom stereocenters. The van der Waals surface area contributed by atoms with Crippen molar-refractivity contribution >= 4 is 50.2 Å². The summed E-state index contributed by atoms with van der Waals surface area (Å²) in [6.07, 6.45) is 4.72. The van der Waals surface area contributed by atoms with E-state index in [-0.39, 0.29) is 21.8 Å². The average molecular weight is 598 g/mol. The summed E-state index contributed by atoms with van der Waals surface area (Å²) in [6.45, 7) is 13.8. The zero-order valence-corrected chi connectivity index (χ0v) is 26.6. The van der Waals surface area contributed by atoms with E-state index in [1.165, 1.54) is 17.3 Å². The molecule has 0 radical (unpaired) electrons. The molecule has 10 heteroatoms. The van der Waals surface area contributed by atoms with Gasteiger partial charge in [0.15, 0.2) is 15.7 Å². The van der Waals surface area contributed by atoms with Crippen LogP contribution in [0.3, 0.4) is 0 Å². The van der Waals surface area contributed by atoms with Crippen molar-refractivity contribution in [2.75, 3.05) is 17.7 Å². The topological polar surface area (TPSA) is 96.5 Å². The highest BCUT2D eigenvalue weighted by atomic mass is 35.5. The van der Waals surface area contributed by atoms with E-state index in [0.29, 0.717) is 29.5 Å². The third-order valence-corrected chi connectivity index (χ3v) is 9.88. The summed E-state index contributed by atoms with van der Waals surface area (Å²) in [5, 5.41) is 6.08. The molecule has 0 bridgehead atoms. The van der Waals surface area contributed by atoms with Gasteiger partial charge in [-0.1, -0.05) is 29.8 Å². The molecule has 0 fully saturated rings. The van der Waals surface area contributed by atoms with Gasteiger partial charge in [-0.05, 0) is 103 Å². The maximum absolute atomic E-state index is 12.9. The second kappa shape index (κ2) is 12.4. The van der Waals surface area contributed by atoms with Gasteiger partial charge in [0.1, 0.15) is 10.8 Å². The fourth-order valence-electron chi connectivity index (χ4n) is 4.86. The molecule has 2 N–H and O–H groups in total. The number of benzene rings is 2. The van der Waals surface area contributed by atoms with Gasteiger partial charge in [-0.25, -0.2) is 13.4 Å². The number of hydrogen-bond donors (Lipinski definition) is 2. The molecule has 0 amide bonds. The molecule has 0 spiro atoms. The molecule has 2 heterocycles. The van der Waals surface area contributed by atoms with Crippen LogP contribution in [-0.2, 0) is 9.84 Å². The Labute approximate surface area is 249 Å². The first-order valence-corrected chi connectivity index (χ1v) is 15.8. The van der Waals surface area contributed by atoms with Crippen LogP contribution in [-0.4, -0.2) is 53.8 Å². The van der Waals surface area contributed by atoms with Crippen LogP contribution in [0.1, 0.15) is 59.1 Å². The van der Waals surface area contributed by atoms with E-state index in [0.717, 1.165) is 17.7 Å². The number of rotatable bonds is 9. The lowest BCUT2D eigenvalue weighted by Crippen LogP contribution is -2.39. The predicted octanol–water partition coefficient (Wildman–Crippen LogP) is 7.39. The fraction of sp³-hybridized carbons (Fsp3) is 0.419. The summed E-state index contributed by atoms with van der Waals surface area (Å²) in [6, 6.07) is 11.6. The molecule has 0 aliphatic carbocycles. The van der Waals surface area contributed by atoms with Crippen LogP contribution in [0.25, 0.3) is 5.57 Å². The van der Waals surface area contributed by atoms with Crippen LogP contribution < -0.4 is 15.4 Å². The van der Waals surface area contributed by atoms with Gasteiger partial charge in [0.25, 0.3) is 0 Å². The molecule has 1 aliphatic rings. The minimum absolute atomic E-state index is 0.0433. The molecule has 220 valence electrons. The van der Waals surface area contributed by atoms with Gasteiger partial charge in [0.05, 0.1) is 33.8 Å². The van der Waals surface area contributed by atoms with Crippen LogP contribution in [0.4, 0.5) is 23.1 Å². The van der Waals surface area contributed by atoms with Crippen LogP contribution in [0, 0.1) is 6.92 Å². The third-order valence-electron chi connectivity index (χ3n) is 7.39.